The number of hydrogen-bond acceptors (Lipinski definition) is 5. The maximum absolute atomic E-state index is 12.0. The quantitative estimate of drug-likeness (QED) is 0.442. The molecule has 7 heteroatoms. The van der Waals surface area contributed by atoms with Crippen LogP contribution in [0.3, 0.4) is 0 Å². The first-order chi connectivity index (χ1) is 9.08. The van der Waals surface area contributed by atoms with Crippen molar-refractivity contribution in [3.05, 3.63) is 28.0 Å². The van der Waals surface area contributed by atoms with Gasteiger partial charge in [-0.15, -0.1) is 0 Å². The number of carbonyl (C=O) groups is 1. The molecule has 0 aliphatic rings. The van der Waals surface area contributed by atoms with Gasteiger partial charge in [-0.2, -0.15) is 0 Å². The van der Waals surface area contributed by atoms with Gasteiger partial charge >= 0.3 is 0 Å². The third kappa shape index (κ3) is 4.73. The van der Waals surface area contributed by atoms with Crippen LogP contribution in [-0.2, 0) is 17.8 Å². The Kier molecular flexibility index (Phi) is 6.05. The standard InChI is InChI=1S/C12H19N5O2/c1-4-14-11(12(18)8(2)3)6-9-5-10(19-16-9)7-15-17-13/h5,8,11,14H,4,6-7H2,1-3H3/t11-/m0/s1. The van der Waals surface area contributed by atoms with E-state index in [9.17, 15) is 4.79 Å². The SMILES string of the molecule is CCN[C@@H](Cc1cc(CN=[N+]=[N-])on1)C(=O)C(C)C. The number of rotatable bonds is 8. The lowest BCUT2D eigenvalue weighted by molar-refractivity contribution is -0.123. The van der Waals surface area contributed by atoms with Gasteiger partial charge in [-0.25, -0.2) is 0 Å². The smallest absolute Gasteiger partial charge is 0.152 e. The molecule has 0 saturated heterocycles. The minimum Gasteiger partial charge on any atom is -0.361 e. The van der Waals surface area contributed by atoms with Crippen molar-refractivity contribution in [3.63, 3.8) is 0 Å². The highest BCUT2D eigenvalue weighted by molar-refractivity contribution is 5.85. The van der Waals surface area contributed by atoms with Gasteiger partial charge in [-0.3, -0.25) is 4.79 Å². The number of likely N-dealkylation sites (N-methyl/N-ethyl adjacent to an activating group) is 1. The number of ketones is 1. The van der Waals surface area contributed by atoms with Crippen molar-refractivity contribution in [2.24, 2.45) is 11.0 Å². The normalized spacial score (nSPS) is 12.2. The molecule has 1 heterocycles. The van der Waals surface area contributed by atoms with Crippen molar-refractivity contribution in [2.75, 3.05) is 6.54 Å². The number of hydrogen-bond donors (Lipinski definition) is 1. The highest BCUT2D eigenvalue weighted by Crippen LogP contribution is 2.10. The number of azide groups is 1. The fourth-order valence-corrected chi connectivity index (χ4v) is 1.76. The number of carbonyl (C=O) groups excluding carboxylic acids is 1. The Morgan fingerprint density at radius 1 is 1.63 bits per heavy atom. The second kappa shape index (κ2) is 7.56. The highest BCUT2D eigenvalue weighted by atomic mass is 16.5. The Morgan fingerprint density at radius 2 is 2.37 bits per heavy atom. The Bertz CT molecular complexity index is 462. The van der Waals surface area contributed by atoms with Crippen LogP contribution >= 0.6 is 0 Å². The second-order valence-electron chi connectivity index (χ2n) is 4.54. The monoisotopic (exact) mass is 265 g/mol. The van der Waals surface area contributed by atoms with Crippen molar-refractivity contribution in [3.8, 4) is 0 Å². The topological polar surface area (TPSA) is 104 Å². The van der Waals surface area contributed by atoms with Crippen molar-refractivity contribution in [1.82, 2.24) is 10.5 Å². The molecule has 7 nitrogen and oxygen atoms in total. The van der Waals surface area contributed by atoms with Gasteiger partial charge in [0.25, 0.3) is 0 Å². The van der Waals surface area contributed by atoms with Gasteiger partial charge < -0.3 is 9.84 Å². The summed E-state index contributed by atoms with van der Waals surface area (Å²) in [5.74, 6) is 0.625. The summed E-state index contributed by atoms with van der Waals surface area (Å²) in [6.45, 7) is 6.56. The summed E-state index contributed by atoms with van der Waals surface area (Å²) in [6.07, 6.45) is 0.477. The molecule has 1 aromatic rings. The van der Waals surface area contributed by atoms with Crippen molar-refractivity contribution >= 4 is 5.78 Å². The zero-order valence-corrected chi connectivity index (χ0v) is 11.5. The molecule has 0 aliphatic carbocycles. The van der Waals surface area contributed by atoms with Crippen LogP contribution in [0, 0.1) is 5.92 Å². The van der Waals surface area contributed by atoms with E-state index < -0.39 is 0 Å². The summed E-state index contributed by atoms with van der Waals surface area (Å²) in [5, 5.41) is 10.4. The van der Waals surface area contributed by atoms with E-state index in [0.29, 0.717) is 24.4 Å². The van der Waals surface area contributed by atoms with Crippen LogP contribution in [0.4, 0.5) is 0 Å². The van der Waals surface area contributed by atoms with Crippen LogP contribution in [0.1, 0.15) is 32.2 Å². The molecule has 0 bridgehead atoms. The molecule has 19 heavy (non-hydrogen) atoms. The fourth-order valence-electron chi connectivity index (χ4n) is 1.76. The van der Waals surface area contributed by atoms with Crippen LogP contribution in [0.5, 0.6) is 0 Å². The molecule has 0 saturated carbocycles. The third-order valence-corrected chi connectivity index (χ3v) is 2.67. The highest BCUT2D eigenvalue weighted by Gasteiger charge is 2.22. The van der Waals surface area contributed by atoms with E-state index in [0.717, 1.165) is 0 Å². The van der Waals surface area contributed by atoms with Crippen LogP contribution in [0.25, 0.3) is 10.4 Å². The summed E-state index contributed by atoms with van der Waals surface area (Å²) in [6, 6.07) is 1.45. The first-order valence-electron chi connectivity index (χ1n) is 6.30. The second-order valence-corrected chi connectivity index (χ2v) is 4.54. The average molecular weight is 265 g/mol. The number of nitrogens with zero attached hydrogens (tertiary/aromatic N) is 4. The number of aromatic nitrogens is 1. The molecule has 1 N–H and O–H groups in total. The Labute approximate surface area is 112 Å². The maximum atomic E-state index is 12.0. The molecular formula is C12H19N5O2. The predicted molar refractivity (Wildman–Crippen MR) is 70.4 cm³/mol. The lowest BCUT2D eigenvalue weighted by atomic mass is 9.98. The minimum atomic E-state index is -0.262. The molecule has 0 fully saturated rings. The molecular weight excluding hydrogens is 246 g/mol. The molecule has 1 atom stereocenters. The lowest BCUT2D eigenvalue weighted by Gasteiger charge is -2.17. The van der Waals surface area contributed by atoms with Gasteiger partial charge in [0.15, 0.2) is 5.78 Å². The van der Waals surface area contributed by atoms with Crippen LogP contribution in [0.2, 0.25) is 0 Å². The van der Waals surface area contributed by atoms with Gasteiger partial charge in [0.05, 0.1) is 18.3 Å². The summed E-state index contributed by atoms with van der Waals surface area (Å²) in [5.41, 5.74) is 8.91. The molecule has 0 unspecified atom stereocenters. The van der Waals surface area contributed by atoms with Gasteiger partial charge in [-0.1, -0.05) is 31.0 Å². The summed E-state index contributed by atoms with van der Waals surface area (Å²) in [7, 11) is 0. The molecule has 0 amide bonds. The Morgan fingerprint density at radius 3 is 2.95 bits per heavy atom. The molecule has 0 aromatic carbocycles. The predicted octanol–water partition coefficient (Wildman–Crippen LogP) is 2.23. The Balaban J connectivity index is 2.70. The van der Waals surface area contributed by atoms with Crippen molar-refractivity contribution in [2.45, 2.75) is 39.8 Å². The summed E-state index contributed by atoms with van der Waals surface area (Å²) >= 11 is 0. The van der Waals surface area contributed by atoms with Gasteiger partial charge in [0.2, 0.25) is 0 Å². The maximum Gasteiger partial charge on any atom is 0.152 e. The summed E-state index contributed by atoms with van der Waals surface area (Å²) in [4.78, 5) is 14.7. The van der Waals surface area contributed by atoms with Crippen LogP contribution in [-0.4, -0.2) is 23.5 Å². The molecule has 104 valence electrons. The van der Waals surface area contributed by atoms with E-state index in [1.54, 1.807) is 6.07 Å². The van der Waals surface area contributed by atoms with Gasteiger partial charge in [0.1, 0.15) is 5.76 Å². The number of Topliss-reactive ketones (excluding diaryl/α,β-unsaturated/α-hetero) is 1. The molecule has 0 spiro atoms. The molecule has 1 aromatic heterocycles. The van der Waals surface area contributed by atoms with E-state index in [1.807, 2.05) is 20.8 Å². The van der Waals surface area contributed by atoms with E-state index in [4.69, 9.17) is 10.1 Å². The largest absolute Gasteiger partial charge is 0.361 e. The van der Waals surface area contributed by atoms with E-state index in [1.165, 1.54) is 0 Å². The first-order valence-corrected chi connectivity index (χ1v) is 6.30. The average Bonchev–Trinajstić information content (AvgIpc) is 2.82. The van der Waals surface area contributed by atoms with Crippen LogP contribution < -0.4 is 5.32 Å². The third-order valence-electron chi connectivity index (χ3n) is 2.67. The molecule has 1 rings (SSSR count). The van der Waals surface area contributed by atoms with Gasteiger partial charge in [-0.05, 0) is 12.1 Å². The van der Waals surface area contributed by atoms with Crippen molar-refractivity contribution in [1.29, 1.82) is 0 Å². The van der Waals surface area contributed by atoms with Crippen LogP contribution in [0.15, 0.2) is 15.7 Å². The lowest BCUT2D eigenvalue weighted by Crippen LogP contribution is -2.40. The van der Waals surface area contributed by atoms with E-state index in [-0.39, 0.29) is 24.3 Å². The Hall–Kier alpha value is -1.85. The van der Waals surface area contributed by atoms with E-state index >= 15 is 0 Å². The molecule has 0 aliphatic heterocycles. The minimum absolute atomic E-state index is 0.0291. The van der Waals surface area contributed by atoms with E-state index in [2.05, 4.69) is 20.5 Å². The van der Waals surface area contributed by atoms with Gasteiger partial charge in [0, 0.05) is 23.3 Å². The zero-order valence-electron chi connectivity index (χ0n) is 11.5. The molecule has 0 radical (unpaired) electrons. The number of nitrogens with one attached hydrogen (secondary N) is 1. The summed E-state index contributed by atoms with van der Waals surface area (Å²) < 4.78 is 5.03. The fraction of sp³-hybridized carbons (Fsp3) is 0.667. The zero-order chi connectivity index (χ0) is 14.3. The first kappa shape index (κ1) is 15.2. The van der Waals surface area contributed by atoms with Crippen molar-refractivity contribution < 1.29 is 9.32 Å².